The number of nitrogens with two attached hydrogens (primary N) is 1. The lowest BCUT2D eigenvalue weighted by atomic mass is 10.1. The number of alkyl halides is 2. The van der Waals surface area contributed by atoms with Gasteiger partial charge >= 0.3 is 12.0 Å². The fourth-order valence-electron chi connectivity index (χ4n) is 1.29. The lowest BCUT2D eigenvalue weighted by Crippen LogP contribution is -2.56. The maximum Gasteiger partial charge on any atom is 0.339 e. The Labute approximate surface area is 122 Å². The van der Waals surface area contributed by atoms with Crippen molar-refractivity contribution < 1.29 is 18.7 Å². The van der Waals surface area contributed by atoms with Gasteiger partial charge in [0.1, 0.15) is 6.04 Å². The van der Waals surface area contributed by atoms with Crippen LogP contribution in [0.4, 0.5) is 8.78 Å². The summed E-state index contributed by atoms with van der Waals surface area (Å²) in [7, 11) is 0. The molecule has 110 valence electrons. The average Bonchev–Trinajstić information content (AvgIpc) is 2.16. The highest BCUT2D eigenvalue weighted by Crippen LogP contribution is 2.23. The number of carboxylic acid groups (broad SMARTS) is 1. The third kappa shape index (κ3) is 6.03. The molecule has 0 saturated carbocycles. The van der Waals surface area contributed by atoms with Crippen molar-refractivity contribution in [3.05, 3.63) is 0 Å². The quantitative estimate of drug-likeness (QED) is 0.257. The first kappa shape index (κ1) is 22.8. The Hall–Kier alpha value is -0.310. The number of carboxylic acids is 1. The number of carbonyl (C=O) groups is 1. The van der Waals surface area contributed by atoms with E-state index in [9.17, 15) is 13.6 Å². The van der Waals surface area contributed by atoms with Crippen molar-refractivity contribution >= 4 is 49.2 Å². The number of halogens is 4. The molecule has 4 N–H and O–H groups in total. The third-order valence-electron chi connectivity index (χ3n) is 1.96. The molecule has 1 unspecified atom stereocenters. The minimum Gasteiger partial charge on any atom is -0.480 e. The second-order valence-electron chi connectivity index (χ2n) is 3.19. The van der Waals surface area contributed by atoms with Crippen LogP contribution in [0, 0.1) is 5.41 Å². The zero-order valence-electron chi connectivity index (χ0n) is 9.60. The highest BCUT2D eigenvalue weighted by atomic mass is 35.5. The first-order valence-corrected chi connectivity index (χ1v) is 5.17. The van der Waals surface area contributed by atoms with Gasteiger partial charge in [-0.1, -0.05) is 0 Å². The predicted octanol–water partition coefficient (Wildman–Crippen LogP) is 1.45. The van der Waals surface area contributed by atoms with Crippen molar-refractivity contribution in [2.75, 3.05) is 12.3 Å². The van der Waals surface area contributed by atoms with E-state index in [4.69, 9.17) is 16.2 Å². The Balaban J connectivity index is -0.00000112. The Kier molecular flexibility index (Phi) is 12.2. The SMILES string of the molecule is CC(=N)N(C(CCS)C(=O)O)C(F)(F)CN.Cl.Cl. The van der Waals surface area contributed by atoms with Gasteiger partial charge in [-0.05, 0) is 19.1 Å². The number of nitrogens with one attached hydrogen (secondary N) is 1. The highest BCUT2D eigenvalue weighted by molar-refractivity contribution is 7.80. The van der Waals surface area contributed by atoms with Gasteiger partial charge in [-0.3, -0.25) is 10.3 Å². The second kappa shape index (κ2) is 9.60. The van der Waals surface area contributed by atoms with Crippen molar-refractivity contribution in [1.29, 1.82) is 5.41 Å². The normalized spacial score (nSPS) is 11.8. The molecule has 0 aromatic heterocycles. The number of hydrogen-bond donors (Lipinski definition) is 4. The van der Waals surface area contributed by atoms with Crippen LogP contribution in [0.3, 0.4) is 0 Å². The summed E-state index contributed by atoms with van der Waals surface area (Å²) < 4.78 is 26.7. The summed E-state index contributed by atoms with van der Waals surface area (Å²) in [5.41, 5.74) is 4.88. The summed E-state index contributed by atoms with van der Waals surface area (Å²) in [4.78, 5) is 11.1. The molecular weight excluding hydrogens is 311 g/mol. The number of thiol groups is 1. The minimum atomic E-state index is -3.54. The molecule has 0 rings (SSSR count). The molecule has 1 atom stereocenters. The van der Waals surface area contributed by atoms with Gasteiger partial charge in [-0.15, -0.1) is 24.8 Å². The van der Waals surface area contributed by atoms with Crippen LogP contribution < -0.4 is 5.73 Å². The molecule has 5 nitrogen and oxygen atoms in total. The van der Waals surface area contributed by atoms with Gasteiger partial charge in [0.25, 0.3) is 0 Å². The second-order valence-corrected chi connectivity index (χ2v) is 3.64. The first-order valence-electron chi connectivity index (χ1n) is 4.54. The summed E-state index contributed by atoms with van der Waals surface area (Å²) in [5.74, 6) is -1.83. The molecule has 0 amide bonds. The fraction of sp³-hybridized carbons (Fsp3) is 0.750. The molecule has 0 fully saturated rings. The summed E-state index contributed by atoms with van der Waals surface area (Å²) >= 11 is 3.81. The van der Waals surface area contributed by atoms with E-state index in [2.05, 4.69) is 12.6 Å². The molecule has 0 aliphatic carbocycles. The maximum atomic E-state index is 13.4. The molecule has 0 bridgehead atoms. The summed E-state index contributed by atoms with van der Waals surface area (Å²) in [6.07, 6.45) is -0.0930. The standard InChI is InChI=1S/C8H15F2N3O2S.2ClH/c1-5(12)13(8(9,10)4-11)6(2-3-16)7(14)15;;/h6,12,16H,2-4,11H2,1H3,(H,14,15);2*1H. The number of hydrogen-bond acceptors (Lipinski definition) is 4. The van der Waals surface area contributed by atoms with Gasteiger partial charge in [0.2, 0.25) is 0 Å². The van der Waals surface area contributed by atoms with E-state index >= 15 is 0 Å². The lowest BCUT2D eigenvalue weighted by molar-refractivity contribution is -0.159. The highest BCUT2D eigenvalue weighted by Gasteiger charge is 2.43. The van der Waals surface area contributed by atoms with Crippen LogP contribution in [-0.2, 0) is 4.79 Å². The van der Waals surface area contributed by atoms with E-state index < -0.39 is 30.4 Å². The van der Waals surface area contributed by atoms with Gasteiger partial charge in [0, 0.05) is 0 Å². The lowest BCUT2D eigenvalue weighted by Gasteiger charge is -2.35. The van der Waals surface area contributed by atoms with Crippen molar-refractivity contribution in [3.63, 3.8) is 0 Å². The van der Waals surface area contributed by atoms with Crippen molar-refractivity contribution in [3.8, 4) is 0 Å². The topological polar surface area (TPSA) is 90.4 Å². The molecular formula is C8H17Cl2F2N3O2S. The van der Waals surface area contributed by atoms with Crippen molar-refractivity contribution in [2.45, 2.75) is 25.4 Å². The molecule has 0 saturated heterocycles. The largest absolute Gasteiger partial charge is 0.480 e. The smallest absolute Gasteiger partial charge is 0.339 e. The van der Waals surface area contributed by atoms with Crippen LogP contribution in [0.25, 0.3) is 0 Å². The number of rotatable bonds is 6. The first-order chi connectivity index (χ1) is 7.27. The van der Waals surface area contributed by atoms with Crippen molar-refractivity contribution in [1.82, 2.24) is 4.90 Å². The molecule has 0 spiro atoms. The Morgan fingerprint density at radius 1 is 1.56 bits per heavy atom. The van der Waals surface area contributed by atoms with Gasteiger partial charge < -0.3 is 10.8 Å². The van der Waals surface area contributed by atoms with Gasteiger partial charge in [0.15, 0.2) is 0 Å². The molecule has 0 aliphatic rings. The molecule has 0 aromatic rings. The van der Waals surface area contributed by atoms with Crippen LogP contribution in [0.1, 0.15) is 13.3 Å². The summed E-state index contributed by atoms with van der Waals surface area (Å²) in [6.45, 7) is 0.0532. The van der Waals surface area contributed by atoms with Crippen LogP contribution in [0.5, 0.6) is 0 Å². The fourth-order valence-corrected chi connectivity index (χ4v) is 1.54. The Morgan fingerprint density at radius 3 is 2.22 bits per heavy atom. The van der Waals surface area contributed by atoms with Crippen LogP contribution >= 0.6 is 37.4 Å². The molecule has 10 heteroatoms. The molecule has 0 radical (unpaired) electrons. The predicted molar refractivity (Wildman–Crippen MR) is 73.6 cm³/mol. The van der Waals surface area contributed by atoms with E-state index in [0.29, 0.717) is 0 Å². The van der Waals surface area contributed by atoms with Gasteiger partial charge in [-0.2, -0.15) is 21.4 Å². The number of nitrogens with zero attached hydrogens (tertiary/aromatic N) is 1. The third-order valence-corrected chi connectivity index (χ3v) is 2.22. The van der Waals surface area contributed by atoms with Crippen LogP contribution in [-0.4, -0.2) is 46.2 Å². The Bertz CT molecular complexity index is 285. The molecule has 0 heterocycles. The zero-order valence-corrected chi connectivity index (χ0v) is 12.1. The summed E-state index contributed by atoms with van der Waals surface area (Å²) in [6, 6.07) is -5.04. The molecule has 0 aliphatic heterocycles. The monoisotopic (exact) mass is 327 g/mol. The zero-order chi connectivity index (χ0) is 12.9. The Morgan fingerprint density at radius 2 is 2.00 bits per heavy atom. The molecule has 18 heavy (non-hydrogen) atoms. The van der Waals surface area contributed by atoms with Gasteiger partial charge in [0.05, 0.1) is 12.4 Å². The van der Waals surface area contributed by atoms with E-state index in [-0.39, 0.29) is 41.9 Å². The van der Waals surface area contributed by atoms with Crippen molar-refractivity contribution in [2.24, 2.45) is 5.73 Å². The number of aliphatic carboxylic acids is 1. The minimum absolute atomic E-state index is 0. The average molecular weight is 328 g/mol. The van der Waals surface area contributed by atoms with E-state index in [1.54, 1.807) is 0 Å². The van der Waals surface area contributed by atoms with Crippen LogP contribution in [0.2, 0.25) is 0 Å². The van der Waals surface area contributed by atoms with Gasteiger partial charge in [-0.25, -0.2) is 4.79 Å². The summed E-state index contributed by atoms with van der Waals surface area (Å²) in [5, 5.41) is 16.1. The maximum absolute atomic E-state index is 13.4. The van der Waals surface area contributed by atoms with E-state index in [1.165, 1.54) is 0 Å². The molecule has 0 aromatic carbocycles. The number of amidine groups is 1. The van der Waals surface area contributed by atoms with E-state index in [1.807, 2.05) is 0 Å². The van der Waals surface area contributed by atoms with Crippen LogP contribution in [0.15, 0.2) is 0 Å². The van der Waals surface area contributed by atoms with E-state index in [0.717, 1.165) is 6.92 Å².